The summed E-state index contributed by atoms with van der Waals surface area (Å²) in [7, 11) is 3.08. The summed E-state index contributed by atoms with van der Waals surface area (Å²) < 4.78 is 20.9. The quantitative estimate of drug-likeness (QED) is 0.383. The maximum atomic E-state index is 12.4. The Morgan fingerprint density at radius 3 is 2.50 bits per heavy atom. The first-order valence-corrected chi connectivity index (χ1v) is 9.01. The summed E-state index contributed by atoms with van der Waals surface area (Å²) >= 11 is 0. The first-order chi connectivity index (χ1) is 14.4. The number of hydrogen-bond donors (Lipinski definition) is 0. The summed E-state index contributed by atoms with van der Waals surface area (Å²) in [4.78, 5) is 36.8. The van der Waals surface area contributed by atoms with Gasteiger partial charge in [-0.15, -0.1) is 0 Å². The number of nitro benzene ring substituents is 1. The molecule has 10 heteroatoms. The van der Waals surface area contributed by atoms with Gasteiger partial charge in [-0.25, -0.2) is 4.79 Å². The van der Waals surface area contributed by atoms with Crippen molar-refractivity contribution in [1.82, 2.24) is 4.90 Å². The highest BCUT2D eigenvalue weighted by molar-refractivity contribution is 5.96. The van der Waals surface area contributed by atoms with Crippen molar-refractivity contribution in [3.63, 3.8) is 0 Å². The second-order valence-electron chi connectivity index (χ2n) is 6.41. The number of likely N-dealkylation sites (N-methyl/N-ethyl adjacent to an activating group) is 1. The molecule has 1 aliphatic heterocycles. The van der Waals surface area contributed by atoms with Crippen molar-refractivity contribution in [3.8, 4) is 17.2 Å². The van der Waals surface area contributed by atoms with Gasteiger partial charge in [0.15, 0.2) is 18.1 Å². The van der Waals surface area contributed by atoms with E-state index in [1.807, 2.05) is 18.2 Å². The Hall–Kier alpha value is -3.82. The lowest BCUT2D eigenvalue weighted by Gasteiger charge is -2.20. The molecule has 3 rings (SSSR count). The van der Waals surface area contributed by atoms with Crippen LogP contribution in [0.4, 0.5) is 5.69 Å². The lowest BCUT2D eigenvalue weighted by molar-refractivity contribution is -0.385. The zero-order valence-electron chi connectivity index (χ0n) is 16.5. The molecule has 0 spiro atoms. The van der Waals surface area contributed by atoms with Crippen molar-refractivity contribution in [3.05, 3.63) is 57.6 Å². The fourth-order valence-corrected chi connectivity index (χ4v) is 2.89. The number of benzene rings is 2. The van der Waals surface area contributed by atoms with E-state index in [9.17, 15) is 19.7 Å². The average molecular weight is 416 g/mol. The number of rotatable bonds is 7. The first kappa shape index (κ1) is 20.9. The third-order valence-corrected chi connectivity index (χ3v) is 4.43. The molecule has 0 saturated heterocycles. The first-order valence-electron chi connectivity index (χ1n) is 9.01. The minimum absolute atomic E-state index is 0.178. The van der Waals surface area contributed by atoms with E-state index in [-0.39, 0.29) is 36.8 Å². The monoisotopic (exact) mass is 416 g/mol. The normalized spacial score (nSPS) is 12.1. The minimum atomic E-state index is -1.00. The van der Waals surface area contributed by atoms with E-state index in [4.69, 9.17) is 18.9 Å². The molecule has 1 aliphatic rings. The summed E-state index contributed by atoms with van der Waals surface area (Å²) in [5.41, 5.74) is -0.0202. The molecule has 0 aliphatic carbocycles. The molecule has 30 heavy (non-hydrogen) atoms. The number of carbonyl (C=O) groups excluding carboxylic acids is 2. The van der Waals surface area contributed by atoms with E-state index in [1.165, 1.54) is 18.1 Å². The summed E-state index contributed by atoms with van der Waals surface area (Å²) in [5, 5.41) is 11.3. The van der Waals surface area contributed by atoms with Gasteiger partial charge in [0.25, 0.3) is 11.6 Å². The van der Waals surface area contributed by atoms with Gasteiger partial charge in [0, 0.05) is 25.2 Å². The number of fused-ring (bicyclic) bond motifs is 1. The Morgan fingerprint density at radius 2 is 1.83 bits per heavy atom. The SMILES string of the molecule is COc1ccccc1CN(C)C(=O)COC(=O)c1cc2c(cc1[N+](=O)[O-])OCCO2. The maximum Gasteiger partial charge on any atom is 0.345 e. The van der Waals surface area contributed by atoms with Gasteiger partial charge in [-0.05, 0) is 6.07 Å². The number of carbonyl (C=O) groups is 2. The molecule has 158 valence electrons. The standard InChI is InChI=1S/C20H20N2O8/c1-21(11-13-5-3-4-6-16(13)27-2)19(23)12-30-20(24)14-9-17-18(29-8-7-28-17)10-15(14)22(25)26/h3-6,9-10H,7-8,11-12H2,1-2H3. The molecule has 0 bridgehead atoms. The topological polar surface area (TPSA) is 117 Å². The third kappa shape index (κ3) is 4.59. The average Bonchev–Trinajstić information content (AvgIpc) is 2.76. The van der Waals surface area contributed by atoms with Crippen molar-refractivity contribution >= 4 is 17.6 Å². The van der Waals surface area contributed by atoms with Crippen LogP contribution in [-0.2, 0) is 16.1 Å². The molecule has 0 radical (unpaired) electrons. The number of amides is 1. The van der Waals surface area contributed by atoms with E-state index in [0.717, 1.165) is 11.6 Å². The molecule has 0 N–H and O–H groups in total. The molecule has 1 heterocycles. The molecule has 0 fully saturated rings. The Labute approximate surface area is 172 Å². The number of ether oxygens (including phenoxy) is 4. The maximum absolute atomic E-state index is 12.4. The number of esters is 1. The molecule has 0 saturated carbocycles. The Bertz CT molecular complexity index is 975. The van der Waals surface area contributed by atoms with Gasteiger partial charge in [0.05, 0.1) is 18.1 Å². The van der Waals surface area contributed by atoms with Gasteiger partial charge in [0.2, 0.25) is 0 Å². The Kier molecular flexibility index (Phi) is 6.35. The lowest BCUT2D eigenvalue weighted by atomic mass is 10.1. The molecule has 0 aromatic heterocycles. The second kappa shape index (κ2) is 9.12. The van der Waals surface area contributed by atoms with E-state index >= 15 is 0 Å². The summed E-state index contributed by atoms with van der Waals surface area (Å²) in [6, 6.07) is 9.52. The van der Waals surface area contributed by atoms with Gasteiger partial charge >= 0.3 is 5.97 Å². The molecular formula is C20H20N2O8. The zero-order chi connectivity index (χ0) is 21.7. The van der Waals surface area contributed by atoms with Crippen molar-refractivity contribution in [2.45, 2.75) is 6.54 Å². The van der Waals surface area contributed by atoms with Crippen LogP contribution in [0.2, 0.25) is 0 Å². The predicted octanol–water partition coefficient (Wildman–Crippen LogP) is 2.19. The molecule has 2 aromatic carbocycles. The second-order valence-corrected chi connectivity index (χ2v) is 6.41. The van der Waals surface area contributed by atoms with Crippen LogP contribution in [0, 0.1) is 10.1 Å². The van der Waals surface area contributed by atoms with Crippen LogP contribution in [0.1, 0.15) is 15.9 Å². The fraction of sp³-hybridized carbons (Fsp3) is 0.300. The smallest absolute Gasteiger partial charge is 0.345 e. The summed E-state index contributed by atoms with van der Waals surface area (Å²) in [6.45, 7) is 0.174. The van der Waals surface area contributed by atoms with Crippen LogP contribution in [0.15, 0.2) is 36.4 Å². The van der Waals surface area contributed by atoms with Crippen LogP contribution in [0.3, 0.4) is 0 Å². The zero-order valence-corrected chi connectivity index (χ0v) is 16.5. The highest BCUT2D eigenvalue weighted by Crippen LogP contribution is 2.36. The molecule has 10 nitrogen and oxygen atoms in total. The summed E-state index contributed by atoms with van der Waals surface area (Å²) in [6.07, 6.45) is 0. The van der Waals surface area contributed by atoms with E-state index in [2.05, 4.69) is 0 Å². The molecule has 0 unspecified atom stereocenters. The Balaban J connectivity index is 1.67. The van der Waals surface area contributed by atoms with Crippen LogP contribution in [-0.4, -0.2) is 55.7 Å². The lowest BCUT2D eigenvalue weighted by Crippen LogP contribution is -2.31. The van der Waals surface area contributed by atoms with Gasteiger partial charge in [0.1, 0.15) is 24.5 Å². The van der Waals surface area contributed by atoms with Gasteiger partial charge in [-0.2, -0.15) is 0 Å². The van der Waals surface area contributed by atoms with Crippen molar-refractivity contribution in [1.29, 1.82) is 0 Å². The fourth-order valence-electron chi connectivity index (χ4n) is 2.89. The van der Waals surface area contributed by atoms with Gasteiger partial charge < -0.3 is 23.8 Å². The van der Waals surface area contributed by atoms with Crippen LogP contribution >= 0.6 is 0 Å². The predicted molar refractivity (Wildman–Crippen MR) is 104 cm³/mol. The molecule has 1 amide bonds. The van der Waals surface area contributed by atoms with Crippen molar-refractivity contribution in [2.24, 2.45) is 0 Å². The van der Waals surface area contributed by atoms with Gasteiger partial charge in [-0.1, -0.05) is 18.2 Å². The minimum Gasteiger partial charge on any atom is -0.496 e. The number of nitro groups is 1. The molecule has 2 aromatic rings. The Morgan fingerprint density at radius 1 is 1.17 bits per heavy atom. The van der Waals surface area contributed by atoms with E-state index in [1.54, 1.807) is 13.1 Å². The number of methoxy groups -OCH3 is 1. The summed E-state index contributed by atoms with van der Waals surface area (Å²) in [5.74, 6) is -0.469. The van der Waals surface area contributed by atoms with Crippen LogP contribution < -0.4 is 14.2 Å². The van der Waals surface area contributed by atoms with Gasteiger partial charge in [-0.3, -0.25) is 14.9 Å². The van der Waals surface area contributed by atoms with Crippen molar-refractivity contribution < 1.29 is 33.5 Å². The van der Waals surface area contributed by atoms with Crippen molar-refractivity contribution in [2.75, 3.05) is 34.0 Å². The molecule has 0 atom stereocenters. The largest absolute Gasteiger partial charge is 0.496 e. The molecular weight excluding hydrogens is 396 g/mol. The highest BCUT2D eigenvalue weighted by atomic mass is 16.6. The van der Waals surface area contributed by atoms with Crippen LogP contribution in [0.25, 0.3) is 0 Å². The number of nitrogens with zero attached hydrogens (tertiary/aromatic N) is 2. The number of para-hydroxylation sites is 1. The van der Waals surface area contributed by atoms with E-state index in [0.29, 0.717) is 5.75 Å². The number of hydrogen-bond acceptors (Lipinski definition) is 8. The van der Waals surface area contributed by atoms with E-state index < -0.39 is 29.1 Å². The third-order valence-electron chi connectivity index (χ3n) is 4.43. The van der Waals surface area contributed by atoms with Crippen LogP contribution in [0.5, 0.6) is 17.2 Å². The highest BCUT2D eigenvalue weighted by Gasteiger charge is 2.28.